The molecule has 142 valence electrons. The SMILES string of the molecule is Cc1ccc(C(=O)CCC(=O)OC(C)C(=O)N(C)c2ccccc2)cc1C. The summed E-state index contributed by atoms with van der Waals surface area (Å²) in [5.74, 6) is -1.00. The van der Waals surface area contributed by atoms with Gasteiger partial charge in [-0.2, -0.15) is 0 Å². The number of amides is 1. The van der Waals surface area contributed by atoms with Gasteiger partial charge in [0.2, 0.25) is 0 Å². The number of benzene rings is 2. The third-order valence-electron chi connectivity index (χ3n) is 4.52. The van der Waals surface area contributed by atoms with Crippen LogP contribution in [0.4, 0.5) is 5.69 Å². The van der Waals surface area contributed by atoms with Gasteiger partial charge in [-0.25, -0.2) is 0 Å². The van der Waals surface area contributed by atoms with E-state index in [1.807, 2.05) is 44.2 Å². The maximum absolute atomic E-state index is 12.4. The first-order chi connectivity index (χ1) is 12.8. The molecule has 0 aliphatic carbocycles. The zero-order chi connectivity index (χ0) is 20.0. The van der Waals surface area contributed by atoms with Crippen molar-refractivity contribution in [2.75, 3.05) is 11.9 Å². The smallest absolute Gasteiger partial charge is 0.307 e. The second kappa shape index (κ2) is 9.12. The van der Waals surface area contributed by atoms with Crippen molar-refractivity contribution in [1.82, 2.24) is 0 Å². The Bertz CT molecular complexity index is 829. The molecule has 0 radical (unpaired) electrons. The van der Waals surface area contributed by atoms with E-state index in [4.69, 9.17) is 4.74 Å². The number of esters is 1. The molecule has 0 spiro atoms. The molecule has 0 aromatic heterocycles. The molecule has 27 heavy (non-hydrogen) atoms. The van der Waals surface area contributed by atoms with Crippen LogP contribution in [0.3, 0.4) is 0 Å². The maximum Gasteiger partial charge on any atom is 0.307 e. The molecule has 1 atom stereocenters. The standard InChI is InChI=1S/C22H25NO4/c1-15-10-11-18(14-16(15)2)20(24)12-13-21(25)27-17(3)22(26)23(4)19-8-6-5-7-9-19/h5-11,14,17H,12-13H2,1-4H3. The Labute approximate surface area is 159 Å². The van der Waals surface area contributed by atoms with E-state index in [9.17, 15) is 14.4 Å². The fourth-order valence-electron chi connectivity index (χ4n) is 2.63. The van der Waals surface area contributed by atoms with E-state index >= 15 is 0 Å². The number of ether oxygens (including phenoxy) is 1. The van der Waals surface area contributed by atoms with Crippen LogP contribution < -0.4 is 4.90 Å². The molecule has 2 rings (SSSR count). The van der Waals surface area contributed by atoms with Gasteiger partial charge in [-0.3, -0.25) is 14.4 Å². The van der Waals surface area contributed by atoms with Gasteiger partial charge in [-0.05, 0) is 50.1 Å². The number of hydrogen-bond acceptors (Lipinski definition) is 4. The Morgan fingerprint density at radius 2 is 1.63 bits per heavy atom. The van der Waals surface area contributed by atoms with Gasteiger partial charge < -0.3 is 9.64 Å². The molecule has 0 fully saturated rings. The monoisotopic (exact) mass is 367 g/mol. The number of Topliss-reactive ketones (excluding diaryl/α,β-unsaturated/α-hetero) is 1. The predicted molar refractivity (Wildman–Crippen MR) is 105 cm³/mol. The summed E-state index contributed by atoms with van der Waals surface area (Å²) in [7, 11) is 1.63. The van der Waals surface area contributed by atoms with Gasteiger partial charge in [0, 0.05) is 24.7 Å². The van der Waals surface area contributed by atoms with Crippen molar-refractivity contribution in [3.63, 3.8) is 0 Å². The van der Waals surface area contributed by atoms with Crippen LogP contribution in [0.5, 0.6) is 0 Å². The van der Waals surface area contributed by atoms with E-state index in [-0.39, 0.29) is 24.5 Å². The summed E-state index contributed by atoms with van der Waals surface area (Å²) in [6, 6.07) is 14.6. The Morgan fingerprint density at radius 1 is 0.963 bits per heavy atom. The number of ketones is 1. The highest BCUT2D eigenvalue weighted by Gasteiger charge is 2.22. The fourth-order valence-corrected chi connectivity index (χ4v) is 2.63. The lowest BCUT2D eigenvalue weighted by Gasteiger charge is -2.21. The van der Waals surface area contributed by atoms with Crippen LogP contribution in [0.15, 0.2) is 48.5 Å². The highest BCUT2D eigenvalue weighted by molar-refractivity contribution is 5.99. The van der Waals surface area contributed by atoms with E-state index < -0.39 is 12.1 Å². The van der Waals surface area contributed by atoms with Crippen molar-refractivity contribution < 1.29 is 19.1 Å². The van der Waals surface area contributed by atoms with E-state index in [0.29, 0.717) is 5.56 Å². The summed E-state index contributed by atoms with van der Waals surface area (Å²) in [6.07, 6.45) is -0.922. The highest BCUT2D eigenvalue weighted by atomic mass is 16.5. The summed E-state index contributed by atoms with van der Waals surface area (Å²) in [6.45, 7) is 5.45. The van der Waals surface area contributed by atoms with Crippen molar-refractivity contribution >= 4 is 23.3 Å². The minimum absolute atomic E-state index is 0.0524. The predicted octanol–water partition coefficient (Wildman–Crippen LogP) is 3.86. The van der Waals surface area contributed by atoms with Crippen LogP contribution >= 0.6 is 0 Å². The number of nitrogens with zero attached hydrogens (tertiary/aromatic N) is 1. The van der Waals surface area contributed by atoms with E-state index in [1.54, 1.807) is 25.2 Å². The van der Waals surface area contributed by atoms with Crippen LogP contribution in [-0.2, 0) is 14.3 Å². The van der Waals surface area contributed by atoms with E-state index in [1.165, 1.54) is 11.8 Å². The van der Waals surface area contributed by atoms with Crippen molar-refractivity contribution in [2.24, 2.45) is 0 Å². The summed E-state index contributed by atoms with van der Waals surface area (Å²) >= 11 is 0. The third-order valence-corrected chi connectivity index (χ3v) is 4.52. The second-order valence-electron chi connectivity index (χ2n) is 6.59. The van der Waals surface area contributed by atoms with Crippen LogP contribution in [0.25, 0.3) is 0 Å². The third kappa shape index (κ3) is 5.51. The Balaban J connectivity index is 1.86. The zero-order valence-electron chi connectivity index (χ0n) is 16.2. The molecule has 0 bridgehead atoms. The van der Waals surface area contributed by atoms with Gasteiger partial charge in [0.05, 0.1) is 6.42 Å². The van der Waals surface area contributed by atoms with Crippen molar-refractivity contribution in [1.29, 1.82) is 0 Å². The van der Waals surface area contributed by atoms with Gasteiger partial charge in [0.15, 0.2) is 11.9 Å². The molecule has 5 heteroatoms. The zero-order valence-corrected chi connectivity index (χ0v) is 16.2. The molecule has 5 nitrogen and oxygen atoms in total. The van der Waals surface area contributed by atoms with E-state index in [0.717, 1.165) is 16.8 Å². The molecule has 0 saturated heterocycles. The quantitative estimate of drug-likeness (QED) is 0.551. The number of likely N-dealkylation sites (N-methyl/N-ethyl adjacent to an activating group) is 1. The number of rotatable bonds is 7. The Hall–Kier alpha value is -2.95. The molecule has 0 N–H and O–H groups in total. The lowest BCUT2D eigenvalue weighted by atomic mass is 10.0. The largest absolute Gasteiger partial charge is 0.453 e. The number of aryl methyl sites for hydroxylation is 2. The van der Waals surface area contributed by atoms with Gasteiger partial charge >= 0.3 is 5.97 Å². The summed E-state index contributed by atoms with van der Waals surface area (Å²) in [5, 5.41) is 0. The molecule has 0 aliphatic heterocycles. The minimum atomic E-state index is -0.917. The molecule has 2 aromatic carbocycles. The van der Waals surface area contributed by atoms with Gasteiger partial charge in [0.1, 0.15) is 0 Å². The Kier molecular flexibility index (Phi) is 6.88. The van der Waals surface area contributed by atoms with Crippen LogP contribution in [0, 0.1) is 13.8 Å². The first-order valence-corrected chi connectivity index (χ1v) is 8.92. The van der Waals surface area contributed by atoms with Gasteiger partial charge in [-0.1, -0.05) is 30.3 Å². The molecular weight excluding hydrogens is 342 g/mol. The molecule has 0 heterocycles. The fraction of sp³-hybridized carbons (Fsp3) is 0.318. The average Bonchev–Trinajstić information content (AvgIpc) is 2.67. The maximum atomic E-state index is 12.4. The number of carbonyl (C=O) groups is 3. The lowest BCUT2D eigenvalue weighted by Crippen LogP contribution is -2.37. The summed E-state index contributed by atoms with van der Waals surface area (Å²) in [5.41, 5.74) is 3.45. The summed E-state index contributed by atoms with van der Waals surface area (Å²) < 4.78 is 5.20. The van der Waals surface area contributed by atoms with Crippen LogP contribution in [0.2, 0.25) is 0 Å². The molecule has 1 unspecified atom stereocenters. The van der Waals surface area contributed by atoms with Gasteiger partial charge in [-0.15, -0.1) is 0 Å². The Morgan fingerprint density at radius 3 is 2.26 bits per heavy atom. The molecule has 2 aromatic rings. The first-order valence-electron chi connectivity index (χ1n) is 8.92. The van der Waals surface area contributed by atoms with E-state index in [2.05, 4.69) is 0 Å². The van der Waals surface area contributed by atoms with Crippen molar-refractivity contribution in [2.45, 2.75) is 39.7 Å². The topological polar surface area (TPSA) is 63.7 Å². The number of carbonyl (C=O) groups excluding carboxylic acids is 3. The van der Waals surface area contributed by atoms with Gasteiger partial charge in [0.25, 0.3) is 5.91 Å². The highest BCUT2D eigenvalue weighted by Crippen LogP contribution is 2.15. The number of anilines is 1. The first kappa shape index (κ1) is 20.4. The van der Waals surface area contributed by atoms with Crippen LogP contribution in [-0.4, -0.2) is 30.8 Å². The normalized spacial score (nSPS) is 11.6. The number of hydrogen-bond donors (Lipinski definition) is 0. The van der Waals surface area contributed by atoms with Crippen LogP contribution in [0.1, 0.15) is 41.3 Å². The van der Waals surface area contributed by atoms with Crippen molar-refractivity contribution in [3.05, 3.63) is 65.2 Å². The molecular formula is C22H25NO4. The molecule has 0 aliphatic rings. The second-order valence-corrected chi connectivity index (χ2v) is 6.59. The summed E-state index contributed by atoms with van der Waals surface area (Å²) in [4.78, 5) is 38.1. The lowest BCUT2D eigenvalue weighted by molar-refractivity contribution is -0.153. The average molecular weight is 367 g/mol. The minimum Gasteiger partial charge on any atom is -0.453 e. The molecule has 1 amide bonds. The van der Waals surface area contributed by atoms with Crippen molar-refractivity contribution in [3.8, 4) is 0 Å². The number of para-hydroxylation sites is 1. The molecule has 0 saturated carbocycles.